The predicted molar refractivity (Wildman–Crippen MR) is 75.9 cm³/mol. The van der Waals surface area contributed by atoms with Crippen molar-refractivity contribution in [1.29, 1.82) is 0 Å². The van der Waals surface area contributed by atoms with Gasteiger partial charge >= 0.3 is 5.97 Å². The van der Waals surface area contributed by atoms with Crippen molar-refractivity contribution in [3.63, 3.8) is 0 Å². The van der Waals surface area contributed by atoms with Gasteiger partial charge in [0, 0.05) is 17.5 Å². The third-order valence-electron chi connectivity index (χ3n) is 3.09. The van der Waals surface area contributed by atoms with Crippen LogP contribution in [-0.4, -0.2) is 25.8 Å². The minimum atomic E-state index is -0.884. The van der Waals surface area contributed by atoms with Crippen molar-refractivity contribution in [2.24, 2.45) is 0 Å². The van der Waals surface area contributed by atoms with Gasteiger partial charge in [-0.25, -0.2) is 9.67 Å². The number of aliphatic carboxylic acids is 1. The number of hydrogen-bond donors (Lipinski definition) is 1. The molecule has 1 unspecified atom stereocenters. The molecule has 0 bridgehead atoms. The fourth-order valence-electron chi connectivity index (χ4n) is 2.08. The molecule has 0 spiro atoms. The van der Waals surface area contributed by atoms with Crippen LogP contribution in [0.2, 0.25) is 5.02 Å². The minimum Gasteiger partial charge on any atom is -0.481 e. The van der Waals surface area contributed by atoms with Crippen molar-refractivity contribution < 1.29 is 9.90 Å². The Bertz CT molecular complexity index is 593. The van der Waals surface area contributed by atoms with Crippen molar-refractivity contribution >= 4 is 17.6 Å². The average molecular weight is 294 g/mol. The first-order chi connectivity index (χ1) is 9.49. The molecule has 2 aromatic rings. The Morgan fingerprint density at radius 1 is 1.35 bits per heavy atom. The largest absolute Gasteiger partial charge is 0.481 e. The molecule has 6 heteroatoms. The van der Waals surface area contributed by atoms with E-state index in [1.807, 2.05) is 13.8 Å². The van der Waals surface area contributed by atoms with Crippen molar-refractivity contribution in [3.05, 3.63) is 47.0 Å². The van der Waals surface area contributed by atoms with Crippen molar-refractivity contribution in [1.82, 2.24) is 14.8 Å². The molecule has 1 aromatic heterocycles. The van der Waals surface area contributed by atoms with Gasteiger partial charge in [-0.2, -0.15) is 5.10 Å². The maximum atomic E-state index is 11.5. The third kappa shape index (κ3) is 3.17. The van der Waals surface area contributed by atoms with E-state index in [0.717, 1.165) is 0 Å². The van der Waals surface area contributed by atoms with E-state index in [1.165, 1.54) is 6.33 Å². The number of hydrogen-bond acceptors (Lipinski definition) is 3. The van der Waals surface area contributed by atoms with Crippen LogP contribution in [0.5, 0.6) is 0 Å². The second-order valence-corrected chi connectivity index (χ2v) is 5.30. The second-order valence-electron chi connectivity index (χ2n) is 4.86. The lowest BCUT2D eigenvalue weighted by molar-refractivity contribution is -0.138. The van der Waals surface area contributed by atoms with Crippen LogP contribution in [-0.2, 0) is 11.2 Å². The van der Waals surface area contributed by atoms with Crippen LogP contribution in [0.4, 0.5) is 0 Å². The van der Waals surface area contributed by atoms with E-state index in [4.69, 9.17) is 11.6 Å². The first-order valence-electron chi connectivity index (χ1n) is 6.35. The van der Waals surface area contributed by atoms with E-state index in [-0.39, 0.29) is 6.04 Å². The molecule has 0 radical (unpaired) electrons. The molecule has 0 amide bonds. The van der Waals surface area contributed by atoms with E-state index in [2.05, 4.69) is 10.1 Å². The van der Waals surface area contributed by atoms with Gasteiger partial charge < -0.3 is 5.11 Å². The fraction of sp³-hybridized carbons (Fsp3) is 0.357. The SMILES string of the molecule is CC(C)n1ncnc1CC(C(=O)O)c1ccc(Cl)cc1. The zero-order chi connectivity index (χ0) is 14.7. The summed E-state index contributed by atoms with van der Waals surface area (Å²) in [6.45, 7) is 3.96. The van der Waals surface area contributed by atoms with E-state index >= 15 is 0 Å². The highest BCUT2D eigenvalue weighted by atomic mass is 35.5. The number of nitrogens with zero attached hydrogens (tertiary/aromatic N) is 3. The molecule has 1 atom stereocenters. The van der Waals surface area contributed by atoms with E-state index < -0.39 is 11.9 Å². The van der Waals surface area contributed by atoms with Crippen LogP contribution in [0, 0.1) is 0 Å². The fourth-order valence-corrected chi connectivity index (χ4v) is 2.20. The molecule has 0 fully saturated rings. The number of carboxylic acids is 1. The minimum absolute atomic E-state index is 0.146. The van der Waals surface area contributed by atoms with Crippen LogP contribution in [0.1, 0.15) is 37.2 Å². The summed E-state index contributed by atoms with van der Waals surface area (Å²) >= 11 is 5.83. The van der Waals surface area contributed by atoms with Gasteiger partial charge in [0.05, 0.1) is 5.92 Å². The van der Waals surface area contributed by atoms with Crippen LogP contribution in [0.3, 0.4) is 0 Å². The smallest absolute Gasteiger partial charge is 0.311 e. The summed E-state index contributed by atoms with van der Waals surface area (Å²) in [6.07, 6.45) is 1.76. The molecule has 0 aliphatic rings. The normalized spacial score (nSPS) is 12.6. The lowest BCUT2D eigenvalue weighted by atomic mass is 9.95. The number of benzene rings is 1. The number of carboxylic acid groups (broad SMARTS) is 1. The quantitative estimate of drug-likeness (QED) is 0.920. The van der Waals surface area contributed by atoms with Gasteiger partial charge in [-0.1, -0.05) is 23.7 Å². The summed E-state index contributed by atoms with van der Waals surface area (Å²) < 4.78 is 1.74. The molecule has 0 saturated heterocycles. The van der Waals surface area contributed by atoms with Crippen LogP contribution in [0.25, 0.3) is 0 Å². The van der Waals surface area contributed by atoms with Crippen molar-refractivity contribution in [2.45, 2.75) is 32.2 Å². The Kier molecular flexibility index (Phi) is 4.39. The summed E-state index contributed by atoms with van der Waals surface area (Å²) in [5, 5.41) is 14.1. The predicted octanol–water partition coefficient (Wildman–Crippen LogP) is 2.92. The van der Waals surface area contributed by atoms with Crippen LogP contribution < -0.4 is 0 Å². The molecule has 1 aromatic carbocycles. The number of aromatic nitrogens is 3. The lowest BCUT2D eigenvalue weighted by Gasteiger charge is -2.14. The molecule has 1 N–H and O–H groups in total. The first-order valence-corrected chi connectivity index (χ1v) is 6.73. The van der Waals surface area contributed by atoms with Crippen molar-refractivity contribution in [2.75, 3.05) is 0 Å². The maximum Gasteiger partial charge on any atom is 0.311 e. The highest BCUT2D eigenvalue weighted by Crippen LogP contribution is 2.23. The number of rotatable bonds is 5. The molecule has 2 rings (SSSR count). The van der Waals surface area contributed by atoms with Gasteiger partial charge in [0.15, 0.2) is 0 Å². The van der Waals surface area contributed by atoms with Gasteiger partial charge in [-0.3, -0.25) is 4.79 Å². The average Bonchev–Trinajstić information content (AvgIpc) is 2.85. The molecular weight excluding hydrogens is 278 g/mol. The number of carbonyl (C=O) groups is 1. The molecule has 5 nitrogen and oxygen atoms in total. The van der Waals surface area contributed by atoms with Gasteiger partial charge in [-0.15, -0.1) is 0 Å². The Hall–Kier alpha value is -1.88. The van der Waals surface area contributed by atoms with E-state index in [9.17, 15) is 9.90 Å². The first kappa shape index (κ1) is 14.5. The Balaban J connectivity index is 2.28. The third-order valence-corrected chi connectivity index (χ3v) is 3.35. The molecule has 106 valence electrons. The molecule has 1 heterocycles. The molecule has 0 aliphatic heterocycles. The Morgan fingerprint density at radius 2 is 2.00 bits per heavy atom. The topological polar surface area (TPSA) is 68.0 Å². The standard InChI is InChI=1S/C14H16ClN3O2/c1-9(2)18-13(16-8-17-18)7-12(14(19)20)10-3-5-11(15)6-4-10/h3-6,8-9,12H,7H2,1-2H3,(H,19,20). The van der Waals surface area contributed by atoms with E-state index in [0.29, 0.717) is 22.8 Å². The van der Waals surface area contributed by atoms with Gasteiger partial charge in [0.1, 0.15) is 12.2 Å². The molecule has 0 aliphatic carbocycles. The monoisotopic (exact) mass is 293 g/mol. The highest BCUT2D eigenvalue weighted by Gasteiger charge is 2.23. The Labute approximate surface area is 122 Å². The molecule has 0 saturated carbocycles. The van der Waals surface area contributed by atoms with Gasteiger partial charge in [-0.05, 0) is 31.5 Å². The lowest BCUT2D eigenvalue weighted by Crippen LogP contribution is -2.18. The van der Waals surface area contributed by atoms with Crippen molar-refractivity contribution in [3.8, 4) is 0 Å². The summed E-state index contributed by atoms with van der Waals surface area (Å²) in [6, 6.07) is 7.00. The van der Waals surface area contributed by atoms with Gasteiger partial charge in [0.2, 0.25) is 0 Å². The van der Waals surface area contributed by atoms with Crippen LogP contribution in [0.15, 0.2) is 30.6 Å². The summed E-state index contributed by atoms with van der Waals surface area (Å²) in [5.74, 6) is -0.873. The van der Waals surface area contributed by atoms with Gasteiger partial charge in [0.25, 0.3) is 0 Å². The summed E-state index contributed by atoms with van der Waals surface area (Å²) in [7, 11) is 0. The summed E-state index contributed by atoms with van der Waals surface area (Å²) in [4.78, 5) is 15.7. The number of halogens is 1. The second kappa shape index (κ2) is 6.05. The zero-order valence-corrected chi connectivity index (χ0v) is 12.1. The maximum absolute atomic E-state index is 11.5. The molecule has 20 heavy (non-hydrogen) atoms. The zero-order valence-electron chi connectivity index (χ0n) is 11.3. The van der Waals surface area contributed by atoms with Crippen LogP contribution >= 0.6 is 11.6 Å². The summed E-state index contributed by atoms with van der Waals surface area (Å²) in [5.41, 5.74) is 0.709. The Morgan fingerprint density at radius 3 is 2.55 bits per heavy atom. The molecular formula is C14H16ClN3O2. The highest BCUT2D eigenvalue weighted by molar-refractivity contribution is 6.30. The van der Waals surface area contributed by atoms with E-state index in [1.54, 1.807) is 28.9 Å².